The molecule has 0 unspecified atom stereocenters. The average molecular weight is 326 g/mol. The molecule has 0 aliphatic heterocycles. The van der Waals surface area contributed by atoms with Crippen molar-refractivity contribution in [1.29, 1.82) is 0 Å². The molecule has 0 spiro atoms. The van der Waals surface area contributed by atoms with Crippen LogP contribution in [0, 0.1) is 5.82 Å². The van der Waals surface area contributed by atoms with Crippen molar-refractivity contribution in [2.24, 2.45) is 0 Å². The van der Waals surface area contributed by atoms with Crippen LogP contribution < -0.4 is 4.74 Å². The summed E-state index contributed by atoms with van der Waals surface area (Å²) in [5.74, 6) is 0.484. The molecule has 0 fully saturated rings. The second-order valence-corrected chi connectivity index (χ2v) is 4.94. The fraction of sp³-hybridized carbons (Fsp3) is 0.143. The standard InChI is InChI=1S/C14H10Cl2FN3O/c1-21-12-6-5-10-14(19-12)20(11(7-15)18-10)13-8(16)3-2-4-9(13)17/h2-6H,7H2,1H3. The minimum Gasteiger partial charge on any atom is -0.481 e. The number of rotatable bonds is 3. The molecule has 3 rings (SSSR count). The molecule has 3 aromatic rings. The lowest BCUT2D eigenvalue weighted by Gasteiger charge is -2.10. The van der Waals surface area contributed by atoms with Crippen molar-refractivity contribution >= 4 is 34.4 Å². The molecule has 0 radical (unpaired) electrons. The van der Waals surface area contributed by atoms with Crippen molar-refractivity contribution in [3.8, 4) is 11.6 Å². The van der Waals surface area contributed by atoms with Gasteiger partial charge in [-0.05, 0) is 18.2 Å². The first-order valence-electron chi connectivity index (χ1n) is 6.08. The summed E-state index contributed by atoms with van der Waals surface area (Å²) in [4.78, 5) is 8.67. The third kappa shape index (κ3) is 2.32. The third-order valence-corrected chi connectivity index (χ3v) is 3.58. The van der Waals surface area contributed by atoms with Gasteiger partial charge in [0.15, 0.2) is 5.65 Å². The Balaban J connectivity index is 2.39. The van der Waals surface area contributed by atoms with Crippen LogP contribution in [-0.2, 0) is 5.88 Å². The molecule has 2 heterocycles. The number of halogens is 3. The summed E-state index contributed by atoms with van der Waals surface area (Å²) in [7, 11) is 1.51. The first kappa shape index (κ1) is 14.1. The van der Waals surface area contributed by atoms with Crippen LogP contribution in [0.5, 0.6) is 5.88 Å². The Morgan fingerprint density at radius 3 is 2.71 bits per heavy atom. The predicted molar refractivity (Wildman–Crippen MR) is 79.9 cm³/mol. The first-order chi connectivity index (χ1) is 10.2. The summed E-state index contributed by atoms with van der Waals surface area (Å²) >= 11 is 12.1. The largest absolute Gasteiger partial charge is 0.481 e. The van der Waals surface area contributed by atoms with Crippen LogP contribution in [0.1, 0.15) is 5.82 Å². The molecule has 0 aliphatic rings. The Labute approximate surface area is 130 Å². The lowest BCUT2D eigenvalue weighted by molar-refractivity contribution is 0.399. The third-order valence-electron chi connectivity index (χ3n) is 3.04. The molecule has 0 N–H and O–H groups in total. The maximum absolute atomic E-state index is 14.2. The first-order valence-corrected chi connectivity index (χ1v) is 6.99. The maximum Gasteiger partial charge on any atom is 0.215 e. The highest BCUT2D eigenvalue weighted by molar-refractivity contribution is 6.32. The zero-order chi connectivity index (χ0) is 15.0. The Hall–Kier alpha value is -1.85. The minimum atomic E-state index is -0.474. The van der Waals surface area contributed by atoms with Crippen molar-refractivity contribution in [1.82, 2.24) is 14.5 Å². The Kier molecular flexibility index (Phi) is 3.69. The number of pyridine rings is 1. The van der Waals surface area contributed by atoms with Gasteiger partial charge in [-0.15, -0.1) is 11.6 Å². The monoisotopic (exact) mass is 325 g/mol. The number of para-hydroxylation sites is 1. The van der Waals surface area contributed by atoms with Gasteiger partial charge in [0.05, 0.1) is 18.0 Å². The van der Waals surface area contributed by atoms with Crippen molar-refractivity contribution in [3.63, 3.8) is 0 Å². The van der Waals surface area contributed by atoms with E-state index in [1.54, 1.807) is 18.2 Å². The average Bonchev–Trinajstić information content (AvgIpc) is 2.85. The molecular weight excluding hydrogens is 316 g/mol. The van der Waals surface area contributed by atoms with Gasteiger partial charge in [0.2, 0.25) is 5.88 Å². The van der Waals surface area contributed by atoms with E-state index in [9.17, 15) is 4.39 Å². The van der Waals surface area contributed by atoms with Gasteiger partial charge in [0, 0.05) is 6.07 Å². The van der Waals surface area contributed by atoms with E-state index in [1.165, 1.54) is 23.8 Å². The van der Waals surface area contributed by atoms with E-state index in [0.717, 1.165) is 0 Å². The number of alkyl halides is 1. The van der Waals surface area contributed by atoms with Gasteiger partial charge in [0.25, 0.3) is 0 Å². The zero-order valence-electron chi connectivity index (χ0n) is 11.0. The number of methoxy groups -OCH3 is 1. The molecular formula is C14H10Cl2FN3O. The Morgan fingerprint density at radius 2 is 2.05 bits per heavy atom. The van der Waals surface area contributed by atoms with Gasteiger partial charge < -0.3 is 4.74 Å². The lowest BCUT2D eigenvalue weighted by Crippen LogP contribution is -2.04. The molecule has 21 heavy (non-hydrogen) atoms. The van der Waals surface area contributed by atoms with Crippen molar-refractivity contribution < 1.29 is 9.13 Å². The van der Waals surface area contributed by atoms with Gasteiger partial charge in [0.1, 0.15) is 22.8 Å². The highest BCUT2D eigenvalue weighted by Crippen LogP contribution is 2.29. The van der Waals surface area contributed by atoms with E-state index in [4.69, 9.17) is 27.9 Å². The minimum absolute atomic E-state index is 0.101. The molecule has 1 aromatic carbocycles. The quantitative estimate of drug-likeness (QED) is 0.684. The molecule has 0 saturated carbocycles. The van der Waals surface area contributed by atoms with E-state index in [1.807, 2.05) is 0 Å². The van der Waals surface area contributed by atoms with Crippen molar-refractivity contribution in [2.45, 2.75) is 5.88 Å². The second-order valence-electron chi connectivity index (χ2n) is 4.26. The van der Waals surface area contributed by atoms with Gasteiger partial charge in [-0.25, -0.2) is 9.37 Å². The normalized spacial score (nSPS) is 11.0. The van der Waals surface area contributed by atoms with Crippen molar-refractivity contribution in [2.75, 3.05) is 7.11 Å². The maximum atomic E-state index is 14.2. The summed E-state index contributed by atoms with van der Waals surface area (Å²) < 4.78 is 20.8. The number of aromatic nitrogens is 3. The number of fused-ring (bicyclic) bond motifs is 1. The molecule has 7 heteroatoms. The fourth-order valence-electron chi connectivity index (χ4n) is 2.13. The summed E-state index contributed by atoms with van der Waals surface area (Å²) in [6, 6.07) is 7.88. The topological polar surface area (TPSA) is 39.9 Å². The van der Waals surface area contributed by atoms with Crippen molar-refractivity contribution in [3.05, 3.63) is 47.0 Å². The molecule has 2 aromatic heterocycles. The smallest absolute Gasteiger partial charge is 0.215 e. The Morgan fingerprint density at radius 1 is 1.24 bits per heavy atom. The van der Waals surface area contributed by atoms with Crippen LogP contribution in [0.4, 0.5) is 4.39 Å². The fourth-order valence-corrected chi connectivity index (χ4v) is 2.55. The van der Waals surface area contributed by atoms with E-state index in [2.05, 4.69) is 9.97 Å². The zero-order valence-corrected chi connectivity index (χ0v) is 12.5. The summed E-state index contributed by atoms with van der Waals surface area (Å²) in [5.41, 5.74) is 1.21. The van der Waals surface area contributed by atoms with Crippen LogP contribution in [0.3, 0.4) is 0 Å². The van der Waals surface area contributed by atoms with Gasteiger partial charge >= 0.3 is 0 Å². The molecule has 0 aliphatic carbocycles. The number of hydrogen-bond donors (Lipinski definition) is 0. The highest BCUT2D eigenvalue weighted by Gasteiger charge is 2.19. The lowest BCUT2D eigenvalue weighted by atomic mass is 10.3. The molecule has 108 valence electrons. The van der Waals surface area contributed by atoms with Gasteiger partial charge in [-0.1, -0.05) is 17.7 Å². The van der Waals surface area contributed by atoms with Crippen LogP contribution >= 0.6 is 23.2 Å². The van der Waals surface area contributed by atoms with Gasteiger partial charge in [-0.3, -0.25) is 4.57 Å². The molecule has 0 saturated heterocycles. The predicted octanol–water partition coefficient (Wildman–Crippen LogP) is 3.96. The van der Waals surface area contributed by atoms with Gasteiger partial charge in [-0.2, -0.15) is 4.98 Å². The van der Waals surface area contributed by atoms with E-state index < -0.39 is 5.82 Å². The summed E-state index contributed by atoms with van der Waals surface area (Å²) in [6.45, 7) is 0. The van der Waals surface area contributed by atoms with Crippen LogP contribution in [0.25, 0.3) is 16.9 Å². The summed E-state index contributed by atoms with van der Waals surface area (Å²) in [5, 5.41) is 0.255. The summed E-state index contributed by atoms with van der Waals surface area (Å²) in [6.07, 6.45) is 0. The number of imidazole rings is 1. The number of hydrogen-bond acceptors (Lipinski definition) is 3. The van der Waals surface area contributed by atoms with Crippen LogP contribution in [-0.4, -0.2) is 21.6 Å². The highest BCUT2D eigenvalue weighted by atomic mass is 35.5. The van der Waals surface area contributed by atoms with Crippen LogP contribution in [0.15, 0.2) is 30.3 Å². The molecule has 0 amide bonds. The number of benzene rings is 1. The molecule has 0 bridgehead atoms. The Bertz CT molecular complexity index is 799. The molecule has 0 atom stereocenters. The van der Waals surface area contributed by atoms with Crippen LogP contribution in [0.2, 0.25) is 5.02 Å². The SMILES string of the molecule is COc1ccc2nc(CCl)n(-c3c(F)cccc3Cl)c2n1. The number of ether oxygens (including phenoxy) is 1. The van der Waals surface area contributed by atoms with E-state index >= 15 is 0 Å². The van der Waals surface area contributed by atoms with E-state index in [-0.39, 0.29) is 16.6 Å². The second kappa shape index (κ2) is 5.50. The molecule has 4 nitrogen and oxygen atoms in total. The number of nitrogens with zero attached hydrogens (tertiary/aromatic N) is 3. The van der Waals surface area contributed by atoms with E-state index in [0.29, 0.717) is 22.9 Å².